The summed E-state index contributed by atoms with van der Waals surface area (Å²) in [4.78, 5) is 36.6. The maximum absolute atomic E-state index is 12.5. The SMILES string of the molecule is CC(=O)N[C@H]1[C@H](O[C@H]2[C@H](O)[C@@H](NC(C)=O)C(O)O[C@@H]2CO)O[C@H](CO)[C@@H](O[C@@H]2O[C@H](CO)[C@@H](O[C@H]3O[C@H](CO)[C@@H](O)[C@H](O)[C@H]3[N+](C)(C)C)[C@H](O)[C@H]2NC(C)=O)[C@@H]1O. The molecule has 20 atom stereocenters. The first kappa shape index (κ1) is 47.4. The number of hydrogen-bond donors (Lipinski definition) is 13. The third-order valence-corrected chi connectivity index (χ3v) is 10.3. The Hall–Kier alpha value is -2.31. The lowest BCUT2D eigenvalue weighted by Crippen LogP contribution is -2.72. The molecule has 4 aliphatic heterocycles. The molecule has 24 nitrogen and oxygen atoms in total. The Labute approximate surface area is 327 Å². The van der Waals surface area contributed by atoms with Crippen LogP contribution in [0, 0.1) is 0 Å². The molecule has 24 heteroatoms. The quantitative estimate of drug-likeness (QED) is 0.0723. The first-order valence-electron chi connectivity index (χ1n) is 18.4. The normalized spacial score (nSPS) is 44.2. The molecule has 4 heterocycles. The van der Waals surface area contributed by atoms with Gasteiger partial charge in [-0.2, -0.15) is 0 Å². The van der Waals surface area contributed by atoms with Crippen LogP contribution in [-0.4, -0.2) is 243 Å². The topological polar surface area (TPSA) is 354 Å². The van der Waals surface area contributed by atoms with E-state index in [1.165, 1.54) is 0 Å². The van der Waals surface area contributed by atoms with Crippen molar-refractivity contribution in [1.29, 1.82) is 0 Å². The van der Waals surface area contributed by atoms with Gasteiger partial charge in [0.05, 0.1) is 47.6 Å². The first-order valence-corrected chi connectivity index (χ1v) is 18.4. The molecule has 0 aromatic heterocycles. The Morgan fingerprint density at radius 3 is 1.19 bits per heavy atom. The van der Waals surface area contributed by atoms with Crippen molar-refractivity contribution in [3.63, 3.8) is 0 Å². The lowest BCUT2D eigenvalue weighted by atomic mass is 9.92. The summed E-state index contributed by atoms with van der Waals surface area (Å²) in [5.41, 5.74) is 0. The summed E-state index contributed by atoms with van der Waals surface area (Å²) in [6, 6.07) is -5.57. The second-order valence-electron chi connectivity index (χ2n) is 15.5. The molecule has 0 aromatic carbocycles. The van der Waals surface area contributed by atoms with Crippen molar-refractivity contribution in [2.45, 2.75) is 143 Å². The van der Waals surface area contributed by atoms with Crippen LogP contribution < -0.4 is 16.0 Å². The number of aliphatic hydroxyl groups is 10. The number of aliphatic hydroxyl groups excluding tert-OH is 10. The number of nitrogens with zero attached hydrogens (tertiary/aromatic N) is 1. The number of ether oxygens (including phenoxy) is 7. The van der Waals surface area contributed by atoms with Crippen LogP contribution in [0.5, 0.6) is 0 Å². The van der Waals surface area contributed by atoms with Gasteiger partial charge in [-0.1, -0.05) is 0 Å². The van der Waals surface area contributed by atoms with E-state index in [-0.39, 0.29) is 4.48 Å². The average Bonchev–Trinajstić information content (AvgIpc) is 3.12. The largest absolute Gasteiger partial charge is 0.394 e. The zero-order chi connectivity index (χ0) is 42.7. The predicted molar refractivity (Wildman–Crippen MR) is 184 cm³/mol. The number of amides is 3. The van der Waals surface area contributed by atoms with Gasteiger partial charge in [0.15, 0.2) is 24.9 Å². The van der Waals surface area contributed by atoms with Gasteiger partial charge in [0, 0.05) is 20.8 Å². The fraction of sp³-hybridized carbons (Fsp3) is 0.909. The van der Waals surface area contributed by atoms with E-state index in [1.807, 2.05) is 0 Å². The standard InChI is InChI=1S/C33H58N4O20/c1-11(42)34-18-23(46)27(15(8-39)51-30(18)50)55-31-19(35-12(2)43)24(47)28(16(9-40)53-31)56-32-20(36-13(3)44)25(48)29(17(10-41)54-32)57-33-21(37(4,5)6)26(49)22(45)14(7-38)52-33/h14-33,38-41,45-50H,7-10H2,1-6H3,(H2-,34,35,36,42,43,44)/p+1/t14-,15-,16-,17-,18-,19-,20-,21-,22-,23-,24-,25-,26-,27-,28-,29-,30?,31+,32+,33-/m1/s1. The number of nitrogens with one attached hydrogen (secondary N) is 3. The number of carbonyl (C=O) groups is 3. The van der Waals surface area contributed by atoms with Crippen molar-refractivity contribution in [1.82, 2.24) is 16.0 Å². The molecular weight excluding hydrogens is 772 g/mol. The van der Waals surface area contributed by atoms with E-state index in [0.717, 1.165) is 20.8 Å². The van der Waals surface area contributed by atoms with E-state index in [9.17, 15) is 65.4 Å². The highest BCUT2D eigenvalue weighted by Gasteiger charge is 2.57. The summed E-state index contributed by atoms with van der Waals surface area (Å²) in [6.07, 6.45) is -25.5. The number of carbonyl (C=O) groups excluding carboxylic acids is 3. The lowest BCUT2D eigenvalue weighted by Gasteiger charge is -2.51. The van der Waals surface area contributed by atoms with Crippen molar-refractivity contribution in [2.24, 2.45) is 0 Å². The van der Waals surface area contributed by atoms with Crippen LogP contribution in [0.3, 0.4) is 0 Å². The van der Waals surface area contributed by atoms with Crippen LogP contribution >= 0.6 is 0 Å². The molecule has 0 aromatic rings. The maximum atomic E-state index is 12.5. The van der Waals surface area contributed by atoms with E-state index >= 15 is 0 Å². The fourth-order valence-electron chi connectivity index (χ4n) is 7.59. The summed E-state index contributed by atoms with van der Waals surface area (Å²) < 4.78 is 41.2. The van der Waals surface area contributed by atoms with Crippen LogP contribution in [0.1, 0.15) is 20.8 Å². The highest BCUT2D eigenvalue weighted by molar-refractivity contribution is 5.74. The van der Waals surface area contributed by atoms with E-state index in [2.05, 4.69) is 16.0 Å². The van der Waals surface area contributed by atoms with E-state index in [1.54, 1.807) is 21.1 Å². The minimum atomic E-state index is -1.86. The Balaban J connectivity index is 1.62. The summed E-state index contributed by atoms with van der Waals surface area (Å²) in [6.45, 7) is 0.0746. The molecule has 0 bridgehead atoms. The lowest BCUT2D eigenvalue weighted by molar-refractivity contribution is -0.910. The van der Waals surface area contributed by atoms with E-state index in [4.69, 9.17) is 33.2 Å². The van der Waals surface area contributed by atoms with Crippen molar-refractivity contribution >= 4 is 17.7 Å². The molecule has 4 rings (SSSR count). The Morgan fingerprint density at radius 1 is 0.491 bits per heavy atom. The van der Waals surface area contributed by atoms with Gasteiger partial charge in [-0.3, -0.25) is 14.4 Å². The molecule has 13 N–H and O–H groups in total. The van der Waals surface area contributed by atoms with Gasteiger partial charge in [0.25, 0.3) is 0 Å². The van der Waals surface area contributed by atoms with Gasteiger partial charge >= 0.3 is 0 Å². The molecule has 3 amide bonds. The van der Waals surface area contributed by atoms with Crippen molar-refractivity contribution in [3.05, 3.63) is 0 Å². The van der Waals surface area contributed by atoms with Crippen LogP contribution in [0.15, 0.2) is 0 Å². The Morgan fingerprint density at radius 2 is 0.825 bits per heavy atom. The number of rotatable bonds is 14. The molecular formula is C33H59N4O20+. The monoisotopic (exact) mass is 831 g/mol. The smallest absolute Gasteiger partial charge is 0.217 e. The molecule has 330 valence electrons. The maximum Gasteiger partial charge on any atom is 0.217 e. The van der Waals surface area contributed by atoms with Gasteiger partial charge < -0.3 is 105 Å². The number of likely N-dealkylation sites (N-methyl/N-ethyl adjacent to an activating group) is 1. The number of quaternary nitrogens is 1. The second kappa shape index (κ2) is 19.8. The molecule has 4 aliphatic rings. The van der Waals surface area contributed by atoms with Gasteiger partial charge in [-0.15, -0.1) is 0 Å². The van der Waals surface area contributed by atoms with Crippen LogP contribution in [0.25, 0.3) is 0 Å². The molecule has 0 spiro atoms. The molecule has 4 fully saturated rings. The Bertz CT molecular complexity index is 1350. The van der Waals surface area contributed by atoms with Crippen LogP contribution in [0.4, 0.5) is 0 Å². The highest BCUT2D eigenvalue weighted by Crippen LogP contribution is 2.35. The zero-order valence-corrected chi connectivity index (χ0v) is 32.4. The molecule has 57 heavy (non-hydrogen) atoms. The summed E-state index contributed by atoms with van der Waals surface area (Å²) in [7, 11) is 5.01. The van der Waals surface area contributed by atoms with Crippen molar-refractivity contribution < 1.29 is 103 Å². The number of hydrogen-bond acceptors (Lipinski definition) is 20. The van der Waals surface area contributed by atoms with Gasteiger partial charge in [-0.05, 0) is 0 Å². The van der Waals surface area contributed by atoms with Gasteiger partial charge in [-0.25, -0.2) is 0 Å². The summed E-state index contributed by atoms with van der Waals surface area (Å²) in [5, 5.41) is 114. The van der Waals surface area contributed by atoms with Crippen LogP contribution in [-0.2, 0) is 47.5 Å². The van der Waals surface area contributed by atoms with Gasteiger partial charge in [0.2, 0.25) is 24.0 Å². The Kier molecular flexibility index (Phi) is 16.5. The minimum Gasteiger partial charge on any atom is -0.394 e. The van der Waals surface area contributed by atoms with E-state index in [0.29, 0.717) is 0 Å². The molecule has 4 saturated heterocycles. The van der Waals surface area contributed by atoms with Gasteiger partial charge in [0.1, 0.15) is 91.4 Å². The zero-order valence-electron chi connectivity index (χ0n) is 32.4. The van der Waals surface area contributed by atoms with Crippen molar-refractivity contribution in [3.8, 4) is 0 Å². The summed E-state index contributed by atoms with van der Waals surface area (Å²) >= 11 is 0. The highest BCUT2D eigenvalue weighted by atomic mass is 16.8. The molecule has 0 aliphatic carbocycles. The summed E-state index contributed by atoms with van der Waals surface area (Å²) in [5.74, 6) is -2.07. The predicted octanol–water partition coefficient (Wildman–Crippen LogP) is -8.60. The van der Waals surface area contributed by atoms with E-state index < -0.39 is 167 Å². The molecule has 0 radical (unpaired) electrons. The average molecular weight is 832 g/mol. The molecule has 1 unspecified atom stereocenters. The first-order chi connectivity index (χ1) is 26.7. The van der Waals surface area contributed by atoms with Crippen molar-refractivity contribution in [2.75, 3.05) is 47.6 Å². The van der Waals surface area contributed by atoms with Crippen LogP contribution in [0.2, 0.25) is 0 Å². The molecule has 0 saturated carbocycles. The fourth-order valence-corrected chi connectivity index (χ4v) is 7.59. The third kappa shape index (κ3) is 10.7. The third-order valence-electron chi connectivity index (χ3n) is 10.3. The minimum absolute atomic E-state index is 0.0388. The second-order valence-corrected chi connectivity index (χ2v) is 15.5.